The fourth-order valence-corrected chi connectivity index (χ4v) is 4.10. The van der Waals surface area contributed by atoms with E-state index in [1.54, 1.807) is 6.07 Å². The lowest BCUT2D eigenvalue weighted by molar-refractivity contribution is -0.275. The highest BCUT2D eigenvalue weighted by molar-refractivity contribution is 5.85. The average molecular weight is 379 g/mol. The molecule has 1 saturated carbocycles. The van der Waals surface area contributed by atoms with Crippen LogP contribution in [0.2, 0.25) is 0 Å². The molecule has 1 heterocycles. The van der Waals surface area contributed by atoms with Crippen LogP contribution < -0.4 is 10.1 Å². The van der Waals surface area contributed by atoms with Crippen molar-refractivity contribution in [3.05, 3.63) is 29.8 Å². The molecule has 1 aromatic rings. The molecule has 0 amide bonds. The average Bonchev–Trinajstić information content (AvgIpc) is 2.57. The molecule has 0 unspecified atom stereocenters. The zero-order valence-electron chi connectivity index (χ0n) is 14.2. The molecule has 0 bridgehead atoms. The van der Waals surface area contributed by atoms with Crippen molar-refractivity contribution in [3.63, 3.8) is 0 Å². The normalized spacial score (nSPS) is 21.4. The molecule has 2 fully saturated rings. The van der Waals surface area contributed by atoms with Crippen LogP contribution in [0.4, 0.5) is 13.2 Å². The summed E-state index contributed by atoms with van der Waals surface area (Å²) >= 11 is 0. The summed E-state index contributed by atoms with van der Waals surface area (Å²) < 4.78 is 42.8. The van der Waals surface area contributed by atoms with Crippen molar-refractivity contribution < 1.29 is 17.9 Å². The van der Waals surface area contributed by atoms with Gasteiger partial charge in [-0.3, -0.25) is 4.90 Å². The molecular formula is C18H26ClF3N2O. The molecule has 0 radical (unpaired) electrons. The minimum atomic E-state index is -4.66. The third-order valence-corrected chi connectivity index (χ3v) is 5.10. The SMILES string of the molecule is Cl.FC(F)(F)Oc1ccccc1[C@H](C1CCCCC1)N1CCNCC1. The lowest BCUT2D eigenvalue weighted by Crippen LogP contribution is -2.47. The van der Waals surface area contributed by atoms with Crippen molar-refractivity contribution in [2.45, 2.75) is 44.5 Å². The number of hydrogen-bond acceptors (Lipinski definition) is 3. The van der Waals surface area contributed by atoms with Gasteiger partial charge in [0.25, 0.3) is 0 Å². The van der Waals surface area contributed by atoms with Crippen LogP contribution in [0, 0.1) is 5.92 Å². The van der Waals surface area contributed by atoms with Crippen LogP contribution in [-0.4, -0.2) is 37.4 Å². The summed E-state index contributed by atoms with van der Waals surface area (Å²) in [4.78, 5) is 2.34. The summed E-state index contributed by atoms with van der Waals surface area (Å²) in [6.45, 7) is 3.49. The van der Waals surface area contributed by atoms with E-state index in [9.17, 15) is 13.2 Å². The van der Waals surface area contributed by atoms with E-state index in [4.69, 9.17) is 0 Å². The zero-order chi connectivity index (χ0) is 17.0. The summed E-state index contributed by atoms with van der Waals surface area (Å²) in [6.07, 6.45) is 1.05. The molecule has 7 heteroatoms. The fourth-order valence-electron chi connectivity index (χ4n) is 4.10. The highest BCUT2D eigenvalue weighted by atomic mass is 35.5. The standard InChI is InChI=1S/C18H25F3N2O.ClH/c19-18(20,21)24-16-9-5-4-8-15(16)17(14-6-2-1-3-7-14)23-12-10-22-11-13-23;/h4-5,8-9,14,17,22H,1-3,6-7,10-13H2;1H/t17-;/m0./s1. The molecule has 3 nitrogen and oxygen atoms in total. The molecule has 1 N–H and O–H groups in total. The maximum Gasteiger partial charge on any atom is 0.573 e. The second-order valence-corrected chi connectivity index (χ2v) is 6.71. The van der Waals surface area contributed by atoms with Crippen molar-refractivity contribution in [1.29, 1.82) is 0 Å². The number of para-hydroxylation sites is 1. The summed E-state index contributed by atoms with van der Waals surface area (Å²) in [6, 6.07) is 6.69. The van der Waals surface area contributed by atoms with E-state index >= 15 is 0 Å². The summed E-state index contributed by atoms with van der Waals surface area (Å²) in [5, 5.41) is 3.32. The Labute approximate surface area is 153 Å². The fraction of sp³-hybridized carbons (Fsp3) is 0.667. The van der Waals surface area contributed by atoms with Crippen LogP contribution in [0.25, 0.3) is 0 Å². The topological polar surface area (TPSA) is 24.5 Å². The molecule has 25 heavy (non-hydrogen) atoms. The number of nitrogens with one attached hydrogen (secondary N) is 1. The molecule has 1 aliphatic heterocycles. The van der Waals surface area contributed by atoms with Crippen molar-refractivity contribution in [2.24, 2.45) is 5.92 Å². The van der Waals surface area contributed by atoms with Crippen molar-refractivity contribution >= 4 is 12.4 Å². The van der Waals surface area contributed by atoms with Gasteiger partial charge in [0.2, 0.25) is 0 Å². The van der Waals surface area contributed by atoms with E-state index in [1.807, 2.05) is 12.1 Å². The highest BCUT2D eigenvalue weighted by Gasteiger charge is 2.36. The summed E-state index contributed by atoms with van der Waals surface area (Å²) in [7, 11) is 0. The quantitative estimate of drug-likeness (QED) is 0.832. The molecule has 1 saturated heterocycles. The van der Waals surface area contributed by atoms with Crippen LogP contribution in [0.1, 0.15) is 43.7 Å². The van der Waals surface area contributed by atoms with Crippen molar-refractivity contribution in [2.75, 3.05) is 26.2 Å². The van der Waals surface area contributed by atoms with Crippen LogP contribution in [0.3, 0.4) is 0 Å². The van der Waals surface area contributed by atoms with Crippen LogP contribution in [0.15, 0.2) is 24.3 Å². The second-order valence-electron chi connectivity index (χ2n) is 6.71. The van der Waals surface area contributed by atoms with E-state index < -0.39 is 6.36 Å². The first-order valence-electron chi connectivity index (χ1n) is 8.84. The Morgan fingerprint density at radius 3 is 2.32 bits per heavy atom. The number of nitrogens with zero attached hydrogens (tertiary/aromatic N) is 1. The number of benzene rings is 1. The van der Waals surface area contributed by atoms with Gasteiger partial charge in [-0.1, -0.05) is 37.5 Å². The lowest BCUT2D eigenvalue weighted by atomic mass is 9.80. The first-order chi connectivity index (χ1) is 11.5. The number of halogens is 4. The monoisotopic (exact) mass is 378 g/mol. The van der Waals surface area contributed by atoms with E-state index in [0.717, 1.165) is 51.9 Å². The summed E-state index contributed by atoms with van der Waals surface area (Å²) in [5.74, 6) is 0.355. The van der Waals surface area contributed by atoms with Gasteiger partial charge in [-0.15, -0.1) is 25.6 Å². The van der Waals surface area contributed by atoms with E-state index in [1.165, 1.54) is 12.5 Å². The van der Waals surface area contributed by atoms with E-state index in [2.05, 4.69) is 15.0 Å². The number of ether oxygens (including phenoxy) is 1. The Morgan fingerprint density at radius 1 is 1.04 bits per heavy atom. The third kappa shape index (κ3) is 5.50. The second kappa shape index (κ2) is 9.10. The third-order valence-electron chi connectivity index (χ3n) is 5.10. The molecule has 3 rings (SSSR count). The molecule has 142 valence electrons. The minimum absolute atomic E-state index is 0. The molecule has 0 spiro atoms. The molecule has 1 aromatic carbocycles. The number of alkyl halides is 3. The summed E-state index contributed by atoms with van der Waals surface area (Å²) in [5.41, 5.74) is 0.684. The maximum absolute atomic E-state index is 12.8. The van der Waals surface area contributed by atoms with Gasteiger partial charge >= 0.3 is 6.36 Å². The van der Waals surface area contributed by atoms with Gasteiger partial charge in [0.15, 0.2) is 0 Å². The van der Waals surface area contributed by atoms with Crippen molar-refractivity contribution in [1.82, 2.24) is 10.2 Å². The van der Waals surface area contributed by atoms with Crippen LogP contribution in [0.5, 0.6) is 5.75 Å². The minimum Gasteiger partial charge on any atom is -0.405 e. The Balaban J connectivity index is 0.00000225. The van der Waals surface area contributed by atoms with Gasteiger partial charge in [-0.2, -0.15) is 0 Å². The smallest absolute Gasteiger partial charge is 0.405 e. The predicted octanol–water partition coefficient (Wildman–Crippen LogP) is 4.53. The van der Waals surface area contributed by atoms with E-state index in [0.29, 0.717) is 11.5 Å². The Kier molecular flexibility index (Phi) is 7.40. The molecule has 2 aliphatic rings. The van der Waals surface area contributed by atoms with Gasteiger partial charge in [0.05, 0.1) is 0 Å². The Hall–Kier alpha value is -0.980. The van der Waals surface area contributed by atoms with Crippen LogP contribution in [-0.2, 0) is 0 Å². The number of hydrogen-bond donors (Lipinski definition) is 1. The first kappa shape index (κ1) is 20.3. The molecule has 0 aromatic heterocycles. The first-order valence-corrected chi connectivity index (χ1v) is 8.84. The lowest BCUT2D eigenvalue weighted by Gasteiger charge is -2.41. The van der Waals surface area contributed by atoms with Gasteiger partial charge in [-0.05, 0) is 24.8 Å². The predicted molar refractivity (Wildman–Crippen MR) is 94.1 cm³/mol. The number of piperazine rings is 1. The maximum atomic E-state index is 12.8. The Morgan fingerprint density at radius 2 is 1.68 bits per heavy atom. The highest BCUT2D eigenvalue weighted by Crippen LogP contribution is 2.42. The van der Waals surface area contributed by atoms with Crippen molar-refractivity contribution in [3.8, 4) is 5.75 Å². The molecule has 1 atom stereocenters. The molecule has 1 aliphatic carbocycles. The van der Waals surface area contributed by atoms with Gasteiger partial charge in [-0.25, -0.2) is 0 Å². The van der Waals surface area contributed by atoms with Crippen LogP contribution >= 0.6 is 12.4 Å². The van der Waals surface area contributed by atoms with Gasteiger partial charge in [0, 0.05) is 37.8 Å². The van der Waals surface area contributed by atoms with E-state index in [-0.39, 0.29) is 24.2 Å². The van der Waals surface area contributed by atoms with Gasteiger partial charge < -0.3 is 10.1 Å². The largest absolute Gasteiger partial charge is 0.573 e. The zero-order valence-corrected chi connectivity index (χ0v) is 15.0. The Bertz CT molecular complexity index is 511. The van der Waals surface area contributed by atoms with Gasteiger partial charge in [0.1, 0.15) is 5.75 Å². The number of rotatable bonds is 4. The molecular weight excluding hydrogens is 353 g/mol.